The summed E-state index contributed by atoms with van der Waals surface area (Å²) >= 11 is 0. The minimum Gasteiger partial charge on any atom is -0.386 e. The minimum atomic E-state index is -3.79. The van der Waals surface area contributed by atoms with Crippen molar-refractivity contribution in [3.05, 3.63) is 0 Å². The predicted molar refractivity (Wildman–Crippen MR) is 82.4 cm³/mol. The summed E-state index contributed by atoms with van der Waals surface area (Å²) in [5, 5.41) is 6.75. The normalized spacial score (nSPS) is 20.3. The molecule has 0 radical (unpaired) electrons. The number of nitrogens with zero attached hydrogens (tertiary/aromatic N) is 2. The van der Waals surface area contributed by atoms with Crippen LogP contribution in [0.1, 0.15) is 19.8 Å². The van der Waals surface area contributed by atoms with Gasteiger partial charge in [-0.2, -0.15) is 4.31 Å². The second-order valence-corrected chi connectivity index (χ2v) is 9.82. The number of sulfone groups is 1. The van der Waals surface area contributed by atoms with Gasteiger partial charge in [0.05, 0.1) is 6.04 Å². The molecule has 1 atom stereocenters. The number of rotatable bonds is 7. The lowest BCUT2D eigenvalue weighted by Crippen LogP contribution is -2.55. The van der Waals surface area contributed by atoms with Gasteiger partial charge in [0.15, 0.2) is 14.9 Å². The SMILES string of the molecule is CCCC(C(=N)N)N1CCN(S(=O)(=O)CS(C)(=O)=O)CC1. The van der Waals surface area contributed by atoms with Crippen LogP contribution in [0, 0.1) is 5.41 Å². The van der Waals surface area contributed by atoms with Gasteiger partial charge in [-0.15, -0.1) is 0 Å². The maximum atomic E-state index is 12.0. The molecule has 21 heavy (non-hydrogen) atoms. The van der Waals surface area contributed by atoms with Crippen molar-refractivity contribution in [3.63, 3.8) is 0 Å². The molecule has 1 rings (SSSR count). The zero-order valence-corrected chi connectivity index (χ0v) is 14.1. The molecule has 0 aromatic heterocycles. The molecule has 0 saturated carbocycles. The van der Waals surface area contributed by atoms with Gasteiger partial charge < -0.3 is 5.73 Å². The summed E-state index contributed by atoms with van der Waals surface area (Å²) in [6.45, 7) is 3.36. The number of sulfonamides is 1. The molecule has 0 spiro atoms. The number of hydrogen-bond acceptors (Lipinski definition) is 6. The Bertz CT molecular complexity index is 565. The van der Waals surface area contributed by atoms with E-state index in [9.17, 15) is 16.8 Å². The Kier molecular flexibility index (Phi) is 6.14. The molecule has 1 unspecified atom stereocenters. The van der Waals surface area contributed by atoms with Gasteiger partial charge in [0.1, 0.15) is 5.84 Å². The topological polar surface area (TPSA) is 125 Å². The Morgan fingerprint density at radius 1 is 1.19 bits per heavy atom. The molecule has 8 nitrogen and oxygen atoms in total. The highest BCUT2D eigenvalue weighted by atomic mass is 32.3. The average Bonchev–Trinajstić information content (AvgIpc) is 2.33. The van der Waals surface area contributed by atoms with Crippen molar-refractivity contribution in [2.45, 2.75) is 25.8 Å². The molecule has 1 saturated heterocycles. The van der Waals surface area contributed by atoms with Crippen LogP contribution in [0.25, 0.3) is 0 Å². The van der Waals surface area contributed by atoms with Crippen molar-refractivity contribution >= 4 is 25.7 Å². The van der Waals surface area contributed by atoms with Crippen LogP contribution in [0.2, 0.25) is 0 Å². The van der Waals surface area contributed by atoms with Gasteiger partial charge >= 0.3 is 0 Å². The maximum absolute atomic E-state index is 12.0. The number of nitrogens with one attached hydrogen (secondary N) is 1. The van der Waals surface area contributed by atoms with Gasteiger partial charge in [0.2, 0.25) is 10.0 Å². The minimum absolute atomic E-state index is 0.0873. The fourth-order valence-corrected chi connectivity index (χ4v) is 5.93. The summed E-state index contributed by atoms with van der Waals surface area (Å²) in [5.41, 5.74) is 5.59. The van der Waals surface area contributed by atoms with E-state index in [-0.39, 0.29) is 25.0 Å². The Morgan fingerprint density at radius 2 is 1.71 bits per heavy atom. The third-order valence-corrected chi connectivity index (χ3v) is 7.45. The molecule has 0 aromatic carbocycles. The molecule has 3 N–H and O–H groups in total. The zero-order chi connectivity index (χ0) is 16.3. The molecular formula is C11H24N4O4S2. The van der Waals surface area contributed by atoms with Crippen molar-refractivity contribution in [2.75, 3.05) is 37.5 Å². The first-order valence-corrected chi connectivity index (χ1v) is 10.5. The lowest BCUT2D eigenvalue weighted by Gasteiger charge is -2.38. The largest absolute Gasteiger partial charge is 0.386 e. The third-order valence-electron chi connectivity index (χ3n) is 3.39. The Balaban J connectivity index is 2.69. The van der Waals surface area contributed by atoms with E-state index >= 15 is 0 Å². The third kappa shape index (κ3) is 5.53. The first-order valence-electron chi connectivity index (χ1n) is 6.80. The molecule has 1 heterocycles. The van der Waals surface area contributed by atoms with Gasteiger partial charge in [0, 0.05) is 32.4 Å². The zero-order valence-electron chi connectivity index (χ0n) is 12.4. The summed E-state index contributed by atoms with van der Waals surface area (Å²) in [7, 11) is -7.37. The van der Waals surface area contributed by atoms with E-state index in [1.54, 1.807) is 0 Å². The Morgan fingerprint density at radius 3 is 2.10 bits per heavy atom. The van der Waals surface area contributed by atoms with Crippen molar-refractivity contribution in [1.29, 1.82) is 5.41 Å². The van der Waals surface area contributed by atoms with Crippen molar-refractivity contribution in [1.82, 2.24) is 9.21 Å². The number of amidine groups is 1. The van der Waals surface area contributed by atoms with Gasteiger partial charge in [-0.1, -0.05) is 13.3 Å². The molecule has 124 valence electrons. The van der Waals surface area contributed by atoms with E-state index in [1.165, 1.54) is 4.31 Å². The predicted octanol–water partition coefficient (Wildman–Crippen LogP) is -0.959. The summed E-state index contributed by atoms with van der Waals surface area (Å²) in [5.74, 6) is 0.0873. The molecule has 1 aliphatic heterocycles. The molecular weight excluding hydrogens is 316 g/mol. The first kappa shape index (κ1) is 18.3. The van der Waals surface area contributed by atoms with E-state index in [0.29, 0.717) is 13.1 Å². The lowest BCUT2D eigenvalue weighted by atomic mass is 10.1. The second-order valence-electron chi connectivity index (χ2n) is 5.35. The quantitative estimate of drug-likeness (QED) is 0.454. The van der Waals surface area contributed by atoms with E-state index in [0.717, 1.165) is 19.1 Å². The number of nitrogens with two attached hydrogens (primary N) is 1. The van der Waals surface area contributed by atoms with Crippen LogP contribution >= 0.6 is 0 Å². The lowest BCUT2D eigenvalue weighted by molar-refractivity contribution is 0.161. The van der Waals surface area contributed by atoms with E-state index in [2.05, 4.69) is 0 Å². The number of piperazine rings is 1. The fraction of sp³-hybridized carbons (Fsp3) is 0.909. The average molecular weight is 340 g/mol. The van der Waals surface area contributed by atoms with E-state index in [1.807, 2.05) is 11.8 Å². The molecule has 0 aromatic rings. The van der Waals surface area contributed by atoms with Gasteiger partial charge in [-0.3, -0.25) is 10.3 Å². The van der Waals surface area contributed by atoms with Crippen LogP contribution in [0.4, 0.5) is 0 Å². The Labute approximate surface area is 126 Å². The van der Waals surface area contributed by atoms with Crippen LogP contribution < -0.4 is 5.73 Å². The van der Waals surface area contributed by atoms with E-state index in [4.69, 9.17) is 11.1 Å². The summed E-state index contributed by atoms with van der Waals surface area (Å²) in [4.78, 5) is 1.98. The van der Waals surface area contributed by atoms with Gasteiger partial charge in [-0.05, 0) is 6.42 Å². The van der Waals surface area contributed by atoms with Crippen LogP contribution in [0.5, 0.6) is 0 Å². The molecule has 10 heteroatoms. The van der Waals surface area contributed by atoms with Gasteiger partial charge in [0.25, 0.3) is 0 Å². The summed E-state index contributed by atoms with van der Waals surface area (Å²) < 4.78 is 47.6. The summed E-state index contributed by atoms with van der Waals surface area (Å²) in [6, 6.07) is -0.172. The van der Waals surface area contributed by atoms with Gasteiger partial charge in [-0.25, -0.2) is 16.8 Å². The van der Waals surface area contributed by atoms with Crippen LogP contribution in [-0.4, -0.2) is 75.4 Å². The van der Waals surface area contributed by atoms with Crippen molar-refractivity contribution in [3.8, 4) is 0 Å². The molecule has 0 aliphatic carbocycles. The highest BCUT2D eigenvalue weighted by Gasteiger charge is 2.32. The fourth-order valence-electron chi connectivity index (χ4n) is 2.45. The van der Waals surface area contributed by atoms with Crippen LogP contribution in [-0.2, 0) is 19.9 Å². The molecule has 1 fully saturated rings. The van der Waals surface area contributed by atoms with Crippen molar-refractivity contribution < 1.29 is 16.8 Å². The molecule has 0 bridgehead atoms. The standard InChI is InChI=1S/C11H24N4O4S2/c1-3-4-10(11(12)13)14-5-7-15(8-6-14)21(18,19)9-20(2,16)17/h10H,3-9H2,1-2H3,(H3,12,13). The van der Waals surface area contributed by atoms with Crippen LogP contribution in [0.15, 0.2) is 0 Å². The highest BCUT2D eigenvalue weighted by Crippen LogP contribution is 2.14. The maximum Gasteiger partial charge on any atom is 0.228 e. The van der Waals surface area contributed by atoms with Crippen molar-refractivity contribution in [2.24, 2.45) is 5.73 Å². The first-order chi connectivity index (χ1) is 9.57. The number of hydrogen-bond donors (Lipinski definition) is 2. The van der Waals surface area contributed by atoms with E-state index < -0.39 is 24.9 Å². The monoisotopic (exact) mass is 340 g/mol. The van der Waals surface area contributed by atoms with Crippen LogP contribution in [0.3, 0.4) is 0 Å². The second kappa shape index (κ2) is 7.03. The smallest absolute Gasteiger partial charge is 0.228 e. The summed E-state index contributed by atoms with van der Waals surface area (Å²) in [6.07, 6.45) is 2.55. The molecule has 1 aliphatic rings. The Hall–Kier alpha value is -0.710. The molecule has 0 amide bonds. The highest BCUT2D eigenvalue weighted by molar-refractivity contribution is 8.06.